The molecule has 1 aromatic rings. The number of nitriles is 1. The van der Waals surface area contributed by atoms with Gasteiger partial charge in [0.2, 0.25) is 5.91 Å². The summed E-state index contributed by atoms with van der Waals surface area (Å²) in [6, 6.07) is 12.6. The van der Waals surface area contributed by atoms with Crippen molar-refractivity contribution in [3.63, 3.8) is 0 Å². The summed E-state index contributed by atoms with van der Waals surface area (Å²) < 4.78 is 0. The topological polar surface area (TPSA) is 47.3 Å². The van der Waals surface area contributed by atoms with E-state index in [1.807, 2.05) is 23.1 Å². The van der Waals surface area contributed by atoms with E-state index < -0.39 is 0 Å². The number of nitrogens with zero attached hydrogens (tertiary/aromatic N) is 3. The van der Waals surface area contributed by atoms with Crippen molar-refractivity contribution in [1.82, 2.24) is 9.80 Å². The summed E-state index contributed by atoms with van der Waals surface area (Å²) in [6.45, 7) is 7.43. The maximum atomic E-state index is 12.4. The minimum absolute atomic E-state index is 0.0363. The zero-order chi connectivity index (χ0) is 15.9. The fourth-order valence-corrected chi connectivity index (χ4v) is 3.03. The number of carbonyl (C=O) groups excluding carboxylic acids is 1. The van der Waals surface area contributed by atoms with E-state index in [-0.39, 0.29) is 11.9 Å². The Balaban J connectivity index is 2.01. The molecule has 22 heavy (non-hydrogen) atoms. The number of carbonyl (C=O) groups is 1. The van der Waals surface area contributed by atoms with Crippen LogP contribution in [0.25, 0.3) is 0 Å². The van der Waals surface area contributed by atoms with Gasteiger partial charge in [-0.05, 0) is 11.5 Å². The first kappa shape index (κ1) is 16.5. The summed E-state index contributed by atoms with van der Waals surface area (Å²) in [5.74, 6) is 0.494. The minimum Gasteiger partial charge on any atom is -0.337 e. The molecule has 1 atom stereocenters. The van der Waals surface area contributed by atoms with Crippen molar-refractivity contribution in [1.29, 1.82) is 5.26 Å². The van der Waals surface area contributed by atoms with Crippen LogP contribution in [0, 0.1) is 17.2 Å². The van der Waals surface area contributed by atoms with Gasteiger partial charge < -0.3 is 4.90 Å². The molecule has 0 unspecified atom stereocenters. The summed E-state index contributed by atoms with van der Waals surface area (Å²) in [5, 5.41) is 9.02. The molecule has 1 fully saturated rings. The van der Waals surface area contributed by atoms with Crippen LogP contribution in [0.15, 0.2) is 30.3 Å². The van der Waals surface area contributed by atoms with E-state index in [0.29, 0.717) is 18.8 Å². The SMILES string of the molecule is CC(C)[C@@H](CC#N)N1CCN(Cc2ccccc2)CCC1=O. The summed E-state index contributed by atoms with van der Waals surface area (Å²) in [7, 11) is 0. The van der Waals surface area contributed by atoms with Gasteiger partial charge in [0.15, 0.2) is 0 Å². The quantitative estimate of drug-likeness (QED) is 0.840. The van der Waals surface area contributed by atoms with Crippen molar-refractivity contribution in [3.05, 3.63) is 35.9 Å². The van der Waals surface area contributed by atoms with Crippen molar-refractivity contribution in [2.75, 3.05) is 19.6 Å². The Morgan fingerprint density at radius 2 is 1.91 bits per heavy atom. The zero-order valence-electron chi connectivity index (χ0n) is 13.5. The largest absolute Gasteiger partial charge is 0.337 e. The number of hydrogen-bond donors (Lipinski definition) is 0. The first-order valence-electron chi connectivity index (χ1n) is 8.04. The van der Waals surface area contributed by atoms with Crippen LogP contribution < -0.4 is 0 Å². The van der Waals surface area contributed by atoms with Crippen LogP contribution in [-0.2, 0) is 11.3 Å². The molecule has 0 radical (unpaired) electrons. The molecule has 118 valence electrons. The van der Waals surface area contributed by atoms with E-state index in [2.05, 4.69) is 36.9 Å². The lowest BCUT2D eigenvalue weighted by Crippen LogP contribution is -2.44. The van der Waals surface area contributed by atoms with E-state index in [1.54, 1.807) is 0 Å². The molecule has 1 aromatic carbocycles. The molecule has 2 rings (SSSR count). The first-order valence-corrected chi connectivity index (χ1v) is 8.04. The van der Waals surface area contributed by atoms with Gasteiger partial charge in [0, 0.05) is 38.6 Å². The molecule has 0 aromatic heterocycles. The van der Waals surface area contributed by atoms with Gasteiger partial charge in [-0.25, -0.2) is 0 Å². The molecule has 0 aliphatic carbocycles. The van der Waals surface area contributed by atoms with Crippen LogP contribution in [-0.4, -0.2) is 41.4 Å². The molecule has 1 saturated heterocycles. The number of benzene rings is 1. The fourth-order valence-electron chi connectivity index (χ4n) is 3.03. The Labute approximate surface area is 133 Å². The predicted molar refractivity (Wildman–Crippen MR) is 86.9 cm³/mol. The summed E-state index contributed by atoms with van der Waals surface area (Å²) in [5.41, 5.74) is 1.28. The summed E-state index contributed by atoms with van der Waals surface area (Å²) in [4.78, 5) is 16.7. The molecule has 0 spiro atoms. The van der Waals surface area contributed by atoms with Gasteiger partial charge in [0.05, 0.1) is 12.5 Å². The number of rotatable bonds is 5. The van der Waals surface area contributed by atoms with Gasteiger partial charge in [-0.3, -0.25) is 9.69 Å². The van der Waals surface area contributed by atoms with E-state index in [0.717, 1.165) is 26.2 Å². The van der Waals surface area contributed by atoms with Gasteiger partial charge >= 0.3 is 0 Å². The number of amides is 1. The van der Waals surface area contributed by atoms with Gasteiger partial charge in [-0.2, -0.15) is 5.26 Å². The molecular weight excluding hydrogens is 274 g/mol. The average Bonchev–Trinajstić information content (AvgIpc) is 2.68. The molecular formula is C18H25N3O. The third kappa shape index (κ3) is 4.32. The second kappa shape index (κ2) is 7.95. The molecule has 1 aliphatic heterocycles. The summed E-state index contributed by atoms with van der Waals surface area (Å²) in [6.07, 6.45) is 0.962. The van der Waals surface area contributed by atoms with Crippen LogP contribution in [0.4, 0.5) is 0 Å². The predicted octanol–water partition coefficient (Wildman–Crippen LogP) is 2.66. The van der Waals surface area contributed by atoms with Crippen molar-refractivity contribution in [2.45, 2.75) is 39.3 Å². The maximum Gasteiger partial charge on any atom is 0.224 e. The Hall–Kier alpha value is -1.86. The summed E-state index contributed by atoms with van der Waals surface area (Å²) >= 11 is 0. The molecule has 1 aliphatic rings. The van der Waals surface area contributed by atoms with E-state index >= 15 is 0 Å². The van der Waals surface area contributed by atoms with Gasteiger partial charge in [0.1, 0.15) is 0 Å². The van der Waals surface area contributed by atoms with Crippen LogP contribution in [0.2, 0.25) is 0 Å². The molecule has 0 N–H and O–H groups in total. The van der Waals surface area contributed by atoms with Crippen LogP contribution >= 0.6 is 0 Å². The van der Waals surface area contributed by atoms with Crippen molar-refractivity contribution >= 4 is 5.91 Å². The second-order valence-corrected chi connectivity index (χ2v) is 6.27. The lowest BCUT2D eigenvalue weighted by atomic mass is 9.99. The Morgan fingerprint density at radius 1 is 1.18 bits per heavy atom. The second-order valence-electron chi connectivity index (χ2n) is 6.27. The molecule has 4 heteroatoms. The van der Waals surface area contributed by atoms with Gasteiger partial charge in [-0.15, -0.1) is 0 Å². The van der Waals surface area contributed by atoms with Gasteiger partial charge in [0.25, 0.3) is 0 Å². The highest BCUT2D eigenvalue weighted by Gasteiger charge is 2.28. The molecule has 0 saturated carbocycles. The molecule has 4 nitrogen and oxygen atoms in total. The third-order valence-corrected chi connectivity index (χ3v) is 4.34. The monoisotopic (exact) mass is 299 g/mol. The Kier molecular flexibility index (Phi) is 5.97. The van der Waals surface area contributed by atoms with Crippen molar-refractivity contribution in [3.8, 4) is 6.07 Å². The maximum absolute atomic E-state index is 12.4. The average molecular weight is 299 g/mol. The highest BCUT2D eigenvalue weighted by atomic mass is 16.2. The normalized spacial score (nSPS) is 18.1. The van der Waals surface area contributed by atoms with E-state index in [4.69, 9.17) is 5.26 Å². The third-order valence-electron chi connectivity index (χ3n) is 4.34. The van der Waals surface area contributed by atoms with E-state index in [1.165, 1.54) is 5.56 Å². The Morgan fingerprint density at radius 3 is 2.55 bits per heavy atom. The minimum atomic E-state index is 0.0363. The molecule has 1 heterocycles. The smallest absolute Gasteiger partial charge is 0.224 e. The van der Waals surface area contributed by atoms with Crippen molar-refractivity contribution in [2.24, 2.45) is 5.92 Å². The fraction of sp³-hybridized carbons (Fsp3) is 0.556. The van der Waals surface area contributed by atoms with Crippen LogP contribution in [0.1, 0.15) is 32.3 Å². The lowest BCUT2D eigenvalue weighted by Gasteiger charge is -2.32. The van der Waals surface area contributed by atoms with Crippen LogP contribution in [0.5, 0.6) is 0 Å². The van der Waals surface area contributed by atoms with Crippen LogP contribution in [0.3, 0.4) is 0 Å². The highest BCUT2D eigenvalue weighted by molar-refractivity contribution is 5.77. The highest BCUT2D eigenvalue weighted by Crippen LogP contribution is 2.18. The standard InChI is InChI=1S/C18H25N3O/c1-15(2)17(8-10-19)21-13-12-20(11-9-18(21)22)14-16-6-4-3-5-7-16/h3-7,15,17H,8-9,11-14H2,1-2H3/t17-/m1/s1. The zero-order valence-corrected chi connectivity index (χ0v) is 13.5. The molecule has 0 bridgehead atoms. The first-order chi connectivity index (χ1) is 10.6. The van der Waals surface area contributed by atoms with Gasteiger partial charge in [-0.1, -0.05) is 44.2 Å². The number of hydrogen-bond acceptors (Lipinski definition) is 3. The Bertz CT molecular complexity index is 521. The molecule has 1 amide bonds. The lowest BCUT2D eigenvalue weighted by molar-refractivity contribution is -0.133. The van der Waals surface area contributed by atoms with E-state index in [9.17, 15) is 4.79 Å². The van der Waals surface area contributed by atoms with Crippen molar-refractivity contribution < 1.29 is 4.79 Å².